The Balaban J connectivity index is 1.63. The largest absolute Gasteiger partial charge is 0.382 e. The molecule has 8 heteroatoms. The molecule has 150 valence electrons. The molecule has 3 rings (SSSR count). The third-order valence-electron chi connectivity index (χ3n) is 4.77. The Morgan fingerprint density at radius 1 is 1.11 bits per heavy atom. The molecule has 0 bridgehead atoms. The number of nitrogens with zero attached hydrogens (tertiary/aromatic N) is 5. The fourth-order valence-electron chi connectivity index (χ4n) is 3.31. The third kappa shape index (κ3) is 4.73. The Morgan fingerprint density at radius 2 is 1.89 bits per heavy atom. The van der Waals surface area contributed by atoms with E-state index in [0.29, 0.717) is 16.7 Å². The van der Waals surface area contributed by atoms with E-state index < -0.39 is 10.8 Å². The molecule has 3 aromatic rings. The van der Waals surface area contributed by atoms with Gasteiger partial charge in [-0.25, -0.2) is 19.9 Å². The van der Waals surface area contributed by atoms with E-state index in [9.17, 15) is 4.21 Å². The minimum Gasteiger partial charge on any atom is -0.382 e. The first-order valence-corrected chi connectivity index (χ1v) is 11.2. The molecular formula is C20H28N6OS. The lowest BCUT2D eigenvalue weighted by atomic mass is 10.2. The normalized spacial score (nSPS) is 12.5. The van der Waals surface area contributed by atoms with Gasteiger partial charge < -0.3 is 10.3 Å². The second-order valence-corrected chi connectivity index (χ2v) is 8.41. The van der Waals surface area contributed by atoms with Gasteiger partial charge in [-0.1, -0.05) is 19.8 Å². The summed E-state index contributed by atoms with van der Waals surface area (Å²) < 4.78 is 14.5. The zero-order chi connectivity index (χ0) is 19.9. The van der Waals surface area contributed by atoms with Gasteiger partial charge in [-0.3, -0.25) is 4.21 Å². The summed E-state index contributed by atoms with van der Waals surface area (Å²) in [5.74, 6) is 2.17. The number of hydrogen-bond donors (Lipinski definition) is 1. The smallest absolute Gasteiger partial charge is 0.218 e. The predicted molar refractivity (Wildman–Crippen MR) is 112 cm³/mol. The van der Waals surface area contributed by atoms with Gasteiger partial charge in [0.25, 0.3) is 0 Å². The molecule has 0 aliphatic heterocycles. The highest BCUT2D eigenvalue weighted by Crippen LogP contribution is 2.25. The molecule has 0 saturated carbocycles. The summed E-state index contributed by atoms with van der Waals surface area (Å²) in [6.45, 7) is 5.12. The van der Waals surface area contributed by atoms with Crippen LogP contribution in [0.5, 0.6) is 0 Å². The quantitative estimate of drug-likeness (QED) is 0.413. The number of unbranched alkanes of at least 4 members (excludes halogenated alkanes) is 3. The predicted octanol–water partition coefficient (Wildman–Crippen LogP) is 3.43. The topological polar surface area (TPSA) is 99.6 Å². The SMILES string of the molecule is CCCCc1nc2c(N)ncc(C)c2n1CCCCCS(=O)c1ncccn1. The summed E-state index contributed by atoms with van der Waals surface area (Å²) in [4.78, 5) is 17.2. The van der Waals surface area contributed by atoms with E-state index in [2.05, 4.69) is 33.4 Å². The Morgan fingerprint density at radius 3 is 2.64 bits per heavy atom. The van der Waals surface area contributed by atoms with Gasteiger partial charge in [0.2, 0.25) is 5.16 Å². The fraction of sp³-hybridized carbons (Fsp3) is 0.500. The number of pyridine rings is 1. The first-order valence-electron chi connectivity index (χ1n) is 9.87. The van der Waals surface area contributed by atoms with E-state index in [0.717, 1.165) is 67.5 Å². The summed E-state index contributed by atoms with van der Waals surface area (Å²) in [7, 11) is -1.13. The first kappa shape index (κ1) is 20.4. The number of fused-ring (bicyclic) bond motifs is 1. The average Bonchev–Trinajstić information content (AvgIpc) is 3.09. The van der Waals surface area contributed by atoms with Crippen LogP contribution in [0, 0.1) is 6.92 Å². The highest BCUT2D eigenvalue weighted by molar-refractivity contribution is 7.84. The number of anilines is 1. The van der Waals surface area contributed by atoms with Crippen molar-refractivity contribution in [2.24, 2.45) is 0 Å². The molecule has 28 heavy (non-hydrogen) atoms. The van der Waals surface area contributed by atoms with Crippen molar-refractivity contribution in [3.8, 4) is 0 Å². The van der Waals surface area contributed by atoms with Gasteiger partial charge in [0.1, 0.15) is 11.3 Å². The van der Waals surface area contributed by atoms with Crippen LogP contribution in [0.3, 0.4) is 0 Å². The van der Waals surface area contributed by atoms with Gasteiger partial charge in [-0.15, -0.1) is 0 Å². The summed E-state index contributed by atoms with van der Waals surface area (Å²) in [6.07, 6.45) is 11.1. The molecule has 7 nitrogen and oxygen atoms in total. The van der Waals surface area contributed by atoms with Crippen LogP contribution in [-0.4, -0.2) is 34.5 Å². The van der Waals surface area contributed by atoms with E-state index in [1.165, 1.54) is 0 Å². The number of nitrogen functional groups attached to an aromatic ring is 1. The summed E-state index contributed by atoms with van der Waals surface area (Å²) >= 11 is 0. The van der Waals surface area contributed by atoms with Gasteiger partial charge in [-0.2, -0.15) is 0 Å². The lowest BCUT2D eigenvalue weighted by Gasteiger charge is -2.10. The number of hydrogen-bond acceptors (Lipinski definition) is 6. The van der Waals surface area contributed by atoms with Crippen LogP contribution in [0.1, 0.15) is 50.4 Å². The summed E-state index contributed by atoms with van der Waals surface area (Å²) in [5.41, 5.74) is 9.08. The Labute approximate surface area is 168 Å². The molecule has 0 amide bonds. The van der Waals surface area contributed by atoms with Crippen molar-refractivity contribution in [3.63, 3.8) is 0 Å². The van der Waals surface area contributed by atoms with E-state index >= 15 is 0 Å². The Kier molecular flexibility index (Phi) is 7.08. The van der Waals surface area contributed by atoms with Crippen molar-refractivity contribution in [3.05, 3.63) is 36.0 Å². The maximum atomic E-state index is 12.2. The molecule has 3 heterocycles. The summed E-state index contributed by atoms with van der Waals surface area (Å²) in [5, 5.41) is 0.420. The monoisotopic (exact) mass is 400 g/mol. The fourth-order valence-corrected chi connectivity index (χ4v) is 4.31. The van der Waals surface area contributed by atoms with Crippen LogP contribution in [-0.2, 0) is 23.8 Å². The molecule has 0 fully saturated rings. The number of rotatable bonds is 10. The van der Waals surface area contributed by atoms with Crippen LogP contribution in [0.2, 0.25) is 0 Å². The van der Waals surface area contributed by atoms with Gasteiger partial charge in [0.05, 0.1) is 16.3 Å². The summed E-state index contributed by atoms with van der Waals surface area (Å²) in [6, 6.07) is 1.73. The van der Waals surface area contributed by atoms with Crippen molar-refractivity contribution in [1.29, 1.82) is 0 Å². The molecule has 1 unspecified atom stereocenters. The van der Waals surface area contributed by atoms with E-state index in [4.69, 9.17) is 10.7 Å². The van der Waals surface area contributed by atoms with Crippen LogP contribution >= 0.6 is 0 Å². The van der Waals surface area contributed by atoms with Gasteiger partial charge in [-0.05, 0) is 37.8 Å². The second kappa shape index (κ2) is 9.73. The molecule has 0 spiro atoms. The number of aryl methyl sites for hydroxylation is 3. The molecule has 2 N–H and O–H groups in total. The number of nitrogens with two attached hydrogens (primary N) is 1. The Hall–Kier alpha value is -2.35. The van der Waals surface area contributed by atoms with Gasteiger partial charge in [0, 0.05) is 37.3 Å². The van der Waals surface area contributed by atoms with Crippen molar-refractivity contribution >= 4 is 27.7 Å². The third-order valence-corrected chi connectivity index (χ3v) is 6.05. The van der Waals surface area contributed by atoms with Crippen LogP contribution < -0.4 is 5.73 Å². The van der Waals surface area contributed by atoms with Crippen LogP contribution in [0.25, 0.3) is 11.0 Å². The zero-order valence-electron chi connectivity index (χ0n) is 16.6. The van der Waals surface area contributed by atoms with E-state index in [1.807, 2.05) is 6.20 Å². The maximum absolute atomic E-state index is 12.2. The van der Waals surface area contributed by atoms with Crippen molar-refractivity contribution in [2.75, 3.05) is 11.5 Å². The Bertz CT molecular complexity index is 941. The van der Waals surface area contributed by atoms with Gasteiger partial charge >= 0.3 is 0 Å². The number of aromatic nitrogens is 5. The highest BCUT2D eigenvalue weighted by Gasteiger charge is 2.15. The molecular weight excluding hydrogens is 372 g/mol. The van der Waals surface area contributed by atoms with Crippen LogP contribution in [0.15, 0.2) is 29.8 Å². The van der Waals surface area contributed by atoms with E-state index in [1.54, 1.807) is 18.5 Å². The minimum atomic E-state index is -1.13. The molecule has 1 atom stereocenters. The van der Waals surface area contributed by atoms with Crippen molar-refractivity contribution < 1.29 is 4.21 Å². The standard InChI is InChI=1S/C20H28N6OS/c1-3-4-9-16-25-17-18(15(2)14-24-19(17)21)26(16)12-6-5-7-13-28(27)20-22-10-8-11-23-20/h8,10-11,14H,3-7,9,12-13H2,1-2H3,(H2,21,24). The minimum absolute atomic E-state index is 0.420. The lowest BCUT2D eigenvalue weighted by Crippen LogP contribution is -2.07. The first-order chi connectivity index (χ1) is 13.6. The number of imidazole rings is 1. The zero-order valence-corrected chi connectivity index (χ0v) is 17.4. The molecule has 0 aliphatic rings. The molecule has 0 aliphatic carbocycles. The molecule has 0 aromatic carbocycles. The highest BCUT2D eigenvalue weighted by atomic mass is 32.2. The maximum Gasteiger partial charge on any atom is 0.218 e. The van der Waals surface area contributed by atoms with E-state index in [-0.39, 0.29) is 0 Å². The molecule has 3 aromatic heterocycles. The average molecular weight is 401 g/mol. The lowest BCUT2D eigenvalue weighted by molar-refractivity contribution is 0.581. The molecule has 0 saturated heterocycles. The van der Waals surface area contributed by atoms with Gasteiger partial charge in [0.15, 0.2) is 5.82 Å². The second-order valence-electron chi connectivity index (χ2n) is 6.95. The van der Waals surface area contributed by atoms with Crippen molar-refractivity contribution in [1.82, 2.24) is 24.5 Å². The van der Waals surface area contributed by atoms with Crippen molar-refractivity contribution in [2.45, 2.75) is 64.1 Å². The van der Waals surface area contributed by atoms with Crippen LogP contribution in [0.4, 0.5) is 5.82 Å². The molecule has 0 radical (unpaired) electrons.